The summed E-state index contributed by atoms with van der Waals surface area (Å²) in [4.78, 5) is 12.5. The minimum atomic E-state index is -3.60. The van der Waals surface area contributed by atoms with Gasteiger partial charge in [0.1, 0.15) is 0 Å². The number of hydrogen-bond acceptors (Lipinski definition) is 4. The maximum absolute atomic E-state index is 12.8. The van der Waals surface area contributed by atoms with Gasteiger partial charge in [-0.05, 0) is 88.1 Å². The minimum Gasteiger partial charge on any atom is -0.323 e. The van der Waals surface area contributed by atoms with Crippen LogP contribution in [0, 0.1) is 31.6 Å². The molecule has 0 radical (unpaired) electrons. The summed E-state index contributed by atoms with van der Waals surface area (Å²) in [6.45, 7) is 5.83. The lowest BCUT2D eigenvalue weighted by atomic mass is 9.84. The summed E-state index contributed by atoms with van der Waals surface area (Å²) >= 11 is 0. The Morgan fingerprint density at radius 3 is 2.47 bits per heavy atom. The summed E-state index contributed by atoms with van der Waals surface area (Å²) in [6, 6.07) is 6.22. The lowest BCUT2D eigenvalue weighted by molar-refractivity contribution is -0.111. The first kappa shape index (κ1) is 22.7. The standard InChI is InChI=1S/C24H32N4O3S/c1-15-22(17(3)28(4)26-15)11-12-24(29)25-20-7-9-21(10-8-20)32(30,31)27-16(2)23-14-18-5-6-19(23)13-18/h7-12,16,18-19,23,27H,5-6,13-14H2,1-4H3,(H,25,29)/b12-11+. The van der Waals surface area contributed by atoms with E-state index in [0.717, 1.165) is 29.3 Å². The summed E-state index contributed by atoms with van der Waals surface area (Å²) in [5.74, 6) is 1.58. The van der Waals surface area contributed by atoms with Crippen LogP contribution in [0.2, 0.25) is 0 Å². The molecule has 2 fully saturated rings. The van der Waals surface area contributed by atoms with E-state index in [-0.39, 0.29) is 16.8 Å². The van der Waals surface area contributed by atoms with Crippen molar-refractivity contribution in [2.75, 3.05) is 5.32 Å². The van der Waals surface area contributed by atoms with Crippen LogP contribution in [0.5, 0.6) is 0 Å². The van der Waals surface area contributed by atoms with Crippen LogP contribution in [0.25, 0.3) is 6.08 Å². The number of benzene rings is 1. The van der Waals surface area contributed by atoms with Crippen LogP contribution in [-0.2, 0) is 21.9 Å². The van der Waals surface area contributed by atoms with Crippen molar-refractivity contribution in [1.82, 2.24) is 14.5 Å². The lowest BCUT2D eigenvalue weighted by Gasteiger charge is -2.28. The van der Waals surface area contributed by atoms with Gasteiger partial charge in [0, 0.05) is 36.1 Å². The minimum absolute atomic E-state index is 0.0702. The third kappa shape index (κ3) is 4.66. The molecule has 32 heavy (non-hydrogen) atoms. The number of fused-ring (bicyclic) bond motifs is 2. The van der Waals surface area contributed by atoms with Gasteiger partial charge in [-0.1, -0.05) is 6.42 Å². The number of carbonyl (C=O) groups is 1. The second kappa shape index (κ2) is 8.83. The summed E-state index contributed by atoms with van der Waals surface area (Å²) < 4.78 is 30.3. The van der Waals surface area contributed by atoms with Crippen molar-refractivity contribution in [1.29, 1.82) is 0 Å². The van der Waals surface area contributed by atoms with Gasteiger partial charge in [-0.2, -0.15) is 5.10 Å². The van der Waals surface area contributed by atoms with Crippen LogP contribution in [0.1, 0.15) is 49.6 Å². The molecule has 2 saturated carbocycles. The fourth-order valence-corrected chi connectivity index (χ4v) is 6.69. The Bertz CT molecular complexity index is 1130. The Morgan fingerprint density at radius 2 is 1.91 bits per heavy atom. The molecule has 0 aliphatic heterocycles. The first-order valence-corrected chi connectivity index (χ1v) is 12.7. The number of amides is 1. The van der Waals surface area contributed by atoms with Gasteiger partial charge in [0.25, 0.3) is 0 Å². The Hall–Kier alpha value is -2.45. The maximum atomic E-state index is 12.8. The lowest BCUT2D eigenvalue weighted by Crippen LogP contribution is -2.40. The van der Waals surface area contributed by atoms with Crippen LogP contribution in [0.4, 0.5) is 5.69 Å². The van der Waals surface area contributed by atoms with Gasteiger partial charge in [-0.25, -0.2) is 13.1 Å². The maximum Gasteiger partial charge on any atom is 0.248 e. The molecule has 4 unspecified atom stereocenters. The van der Waals surface area contributed by atoms with E-state index in [9.17, 15) is 13.2 Å². The quantitative estimate of drug-likeness (QED) is 0.620. The molecule has 4 atom stereocenters. The van der Waals surface area contributed by atoms with Crippen LogP contribution in [-0.4, -0.2) is 30.1 Å². The molecule has 0 saturated heterocycles. The predicted molar refractivity (Wildman–Crippen MR) is 126 cm³/mol. The van der Waals surface area contributed by atoms with Gasteiger partial charge in [-0.15, -0.1) is 0 Å². The Morgan fingerprint density at radius 1 is 1.19 bits per heavy atom. The summed E-state index contributed by atoms with van der Waals surface area (Å²) in [5, 5.41) is 7.10. The second-order valence-corrected chi connectivity index (χ2v) is 11.0. The monoisotopic (exact) mass is 456 g/mol. The Labute approximate surface area is 190 Å². The molecule has 0 spiro atoms. The van der Waals surface area contributed by atoms with Gasteiger partial charge >= 0.3 is 0 Å². The third-order valence-electron chi connectivity index (χ3n) is 7.17. The van der Waals surface area contributed by atoms with E-state index in [0.29, 0.717) is 17.5 Å². The van der Waals surface area contributed by atoms with E-state index in [4.69, 9.17) is 0 Å². The molecular formula is C24H32N4O3S. The van der Waals surface area contributed by atoms with Crippen LogP contribution < -0.4 is 10.0 Å². The average Bonchev–Trinajstić information content (AvgIpc) is 3.43. The predicted octanol–water partition coefficient (Wildman–Crippen LogP) is 3.79. The molecule has 8 heteroatoms. The van der Waals surface area contributed by atoms with E-state index in [1.807, 2.05) is 27.8 Å². The third-order valence-corrected chi connectivity index (χ3v) is 8.75. The molecule has 2 aliphatic rings. The fraction of sp³-hybridized carbons (Fsp3) is 0.500. The van der Waals surface area contributed by atoms with Crippen LogP contribution in [0.3, 0.4) is 0 Å². The zero-order valence-electron chi connectivity index (χ0n) is 19.1. The Balaban J connectivity index is 1.36. The molecule has 2 N–H and O–H groups in total. The molecule has 2 bridgehead atoms. The number of anilines is 1. The van der Waals surface area contributed by atoms with E-state index in [1.54, 1.807) is 22.9 Å². The van der Waals surface area contributed by atoms with Gasteiger partial charge in [-0.3, -0.25) is 9.48 Å². The highest BCUT2D eigenvalue weighted by Crippen LogP contribution is 2.49. The number of nitrogens with one attached hydrogen (secondary N) is 2. The molecule has 1 aromatic carbocycles. The number of carbonyl (C=O) groups excluding carboxylic acids is 1. The van der Waals surface area contributed by atoms with E-state index < -0.39 is 10.0 Å². The van der Waals surface area contributed by atoms with Gasteiger partial charge < -0.3 is 5.32 Å². The average molecular weight is 457 g/mol. The number of hydrogen-bond donors (Lipinski definition) is 2. The van der Waals surface area contributed by atoms with Crippen molar-refractivity contribution >= 4 is 27.7 Å². The highest BCUT2D eigenvalue weighted by Gasteiger charge is 2.42. The SMILES string of the molecule is Cc1nn(C)c(C)c1/C=C/C(=O)Nc1ccc(S(=O)(=O)NC(C)C2CC3CCC2C3)cc1. The topological polar surface area (TPSA) is 93.1 Å². The zero-order chi connectivity index (χ0) is 23.0. The first-order valence-electron chi connectivity index (χ1n) is 11.3. The molecular weight excluding hydrogens is 424 g/mol. The summed E-state index contributed by atoms with van der Waals surface area (Å²) in [6.07, 6.45) is 8.10. The van der Waals surface area contributed by atoms with Gasteiger partial charge in [0.2, 0.25) is 15.9 Å². The molecule has 1 heterocycles. The van der Waals surface area contributed by atoms with Crippen LogP contribution in [0.15, 0.2) is 35.2 Å². The van der Waals surface area contributed by atoms with Gasteiger partial charge in [0.05, 0.1) is 10.6 Å². The molecule has 172 valence electrons. The number of rotatable bonds is 7. The van der Waals surface area contributed by atoms with Crippen molar-refractivity contribution in [2.24, 2.45) is 24.8 Å². The number of sulfonamides is 1. The second-order valence-electron chi connectivity index (χ2n) is 9.30. The normalized spacial score (nSPS) is 23.7. The van der Waals surface area contributed by atoms with Crippen molar-refractivity contribution < 1.29 is 13.2 Å². The van der Waals surface area contributed by atoms with Crippen molar-refractivity contribution in [3.63, 3.8) is 0 Å². The van der Waals surface area contributed by atoms with Crippen molar-refractivity contribution in [2.45, 2.75) is 57.4 Å². The largest absolute Gasteiger partial charge is 0.323 e. The molecule has 2 aromatic rings. The highest BCUT2D eigenvalue weighted by molar-refractivity contribution is 7.89. The number of nitrogens with zero attached hydrogens (tertiary/aromatic N) is 2. The van der Waals surface area contributed by atoms with Crippen LogP contribution >= 0.6 is 0 Å². The molecule has 4 rings (SSSR count). The van der Waals surface area contributed by atoms with E-state index >= 15 is 0 Å². The molecule has 7 nitrogen and oxygen atoms in total. The first-order chi connectivity index (χ1) is 15.1. The van der Waals surface area contributed by atoms with Gasteiger partial charge in [0.15, 0.2) is 0 Å². The molecule has 2 aliphatic carbocycles. The summed E-state index contributed by atoms with van der Waals surface area (Å²) in [7, 11) is -1.73. The molecule has 1 amide bonds. The number of aromatic nitrogens is 2. The van der Waals surface area contributed by atoms with Crippen molar-refractivity contribution in [3.8, 4) is 0 Å². The highest BCUT2D eigenvalue weighted by atomic mass is 32.2. The van der Waals surface area contributed by atoms with Crippen molar-refractivity contribution in [3.05, 3.63) is 47.3 Å². The van der Waals surface area contributed by atoms with E-state index in [1.165, 1.54) is 37.5 Å². The molecule has 1 aromatic heterocycles. The number of aryl methyl sites for hydroxylation is 2. The van der Waals surface area contributed by atoms with E-state index in [2.05, 4.69) is 15.1 Å². The Kier molecular flexibility index (Phi) is 6.27. The summed E-state index contributed by atoms with van der Waals surface area (Å²) in [5.41, 5.74) is 3.29. The fourth-order valence-electron chi connectivity index (χ4n) is 5.40. The zero-order valence-corrected chi connectivity index (χ0v) is 19.9. The smallest absolute Gasteiger partial charge is 0.248 e.